The molecule has 2 aromatic heterocycles. The number of furan rings is 1. The van der Waals surface area contributed by atoms with Crippen molar-refractivity contribution in [1.82, 2.24) is 25.5 Å². The fraction of sp³-hybridized carbons (Fsp3) is 0.615. The SMILES string of the molecule is c1coc(-c2nnn(CCNC3CCCCC3)n2)c1. The number of nitrogens with one attached hydrogen (secondary N) is 1. The van der Waals surface area contributed by atoms with E-state index in [2.05, 4.69) is 20.7 Å². The number of aromatic nitrogens is 4. The van der Waals surface area contributed by atoms with Gasteiger partial charge in [0.2, 0.25) is 5.82 Å². The smallest absolute Gasteiger partial charge is 0.240 e. The fourth-order valence-electron chi connectivity index (χ4n) is 2.52. The maximum absolute atomic E-state index is 5.24. The molecule has 0 unspecified atom stereocenters. The molecule has 102 valence electrons. The van der Waals surface area contributed by atoms with Crippen molar-refractivity contribution in [2.75, 3.05) is 6.54 Å². The van der Waals surface area contributed by atoms with E-state index in [1.807, 2.05) is 12.1 Å². The molecule has 0 atom stereocenters. The van der Waals surface area contributed by atoms with Gasteiger partial charge in [0.25, 0.3) is 0 Å². The zero-order valence-electron chi connectivity index (χ0n) is 11.0. The molecule has 1 aliphatic rings. The van der Waals surface area contributed by atoms with Crippen LogP contribution in [-0.4, -0.2) is 32.8 Å². The molecular formula is C13H19N5O. The summed E-state index contributed by atoms with van der Waals surface area (Å²) in [5.41, 5.74) is 0. The second kappa shape index (κ2) is 5.97. The normalized spacial score (nSPS) is 16.8. The van der Waals surface area contributed by atoms with E-state index in [1.165, 1.54) is 32.1 Å². The van der Waals surface area contributed by atoms with E-state index >= 15 is 0 Å². The molecule has 0 radical (unpaired) electrons. The summed E-state index contributed by atoms with van der Waals surface area (Å²) in [7, 11) is 0. The van der Waals surface area contributed by atoms with E-state index in [4.69, 9.17) is 4.42 Å². The molecule has 0 aliphatic heterocycles. The summed E-state index contributed by atoms with van der Waals surface area (Å²) < 4.78 is 5.24. The third-order valence-corrected chi connectivity index (χ3v) is 3.54. The average molecular weight is 261 g/mol. The standard InChI is InChI=1S/C13H19N5O/c1-2-5-11(6-3-1)14-8-9-18-16-13(15-17-18)12-7-4-10-19-12/h4,7,10-11,14H,1-3,5-6,8-9H2. The Morgan fingerprint density at radius 1 is 1.32 bits per heavy atom. The Balaban J connectivity index is 1.48. The van der Waals surface area contributed by atoms with Crippen LogP contribution in [0.25, 0.3) is 11.6 Å². The Hall–Kier alpha value is -1.69. The Morgan fingerprint density at radius 3 is 3.00 bits per heavy atom. The van der Waals surface area contributed by atoms with Crippen molar-refractivity contribution >= 4 is 0 Å². The van der Waals surface area contributed by atoms with E-state index in [9.17, 15) is 0 Å². The largest absolute Gasteiger partial charge is 0.461 e. The average Bonchev–Trinajstić information content (AvgIpc) is 3.10. The molecule has 0 aromatic carbocycles. The van der Waals surface area contributed by atoms with Crippen molar-refractivity contribution in [3.63, 3.8) is 0 Å². The van der Waals surface area contributed by atoms with Crippen LogP contribution in [-0.2, 0) is 6.54 Å². The molecule has 0 saturated heterocycles. The molecule has 1 aliphatic carbocycles. The monoisotopic (exact) mass is 261 g/mol. The molecule has 0 bridgehead atoms. The molecule has 1 fully saturated rings. The Bertz CT molecular complexity index is 487. The number of hydrogen-bond donors (Lipinski definition) is 1. The number of rotatable bonds is 5. The molecule has 19 heavy (non-hydrogen) atoms. The van der Waals surface area contributed by atoms with E-state index in [0.29, 0.717) is 17.6 Å². The molecule has 2 heterocycles. The van der Waals surface area contributed by atoms with Crippen LogP contribution in [0.15, 0.2) is 22.8 Å². The second-order valence-electron chi connectivity index (χ2n) is 4.98. The Kier molecular flexibility index (Phi) is 3.88. The van der Waals surface area contributed by atoms with Crippen LogP contribution in [0.4, 0.5) is 0 Å². The lowest BCUT2D eigenvalue weighted by atomic mass is 9.96. The topological polar surface area (TPSA) is 68.8 Å². The predicted octanol–water partition coefficient (Wildman–Crippen LogP) is 1.86. The summed E-state index contributed by atoms with van der Waals surface area (Å²) in [6, 6.07) is 4.32. The van der Waals surface area contributed by atoms with Crippen LogP contribution in [0.1, 0.15) is 32.1 Å². The maximum Gasteiger partial charge on any atom is 0.240 e. The Labute approximate surface area is 112 Å². The summed E-state index contributed by atoms with van der Waals surface area (Å²) in [5.74, 6) is 1.20. The molecule has 6 nitrogen and oxygen atoms in total. The van der Waals surface area contributed by atoms with Gasteiger partial charge >= 0.3 is 0 Å². The van der Waals surface area contributed by atoms with Gasteiger partial charge in [-0.2, -0.15) is 4.80 Å². The third-order valence-electron chi connectivity index (χ3n) is 3.54. The molecule has 1 N–H and O–H groups in total. The zero-order chi connectivity index (χ0) is 12.9. The number of tetrazole rings is 1. The quantitative estimate of drug-likeness (QED) is 0.889. The minimum atomic E-state index is 0.544. The van der Waals surface area contributed by atoms with Gasteiger partial charge < -0.3 is 9.73 Å². The van der Waals surface area contributed by atoms with Crippen LogP contribution < -0.4 is 5.32 Å². The first kappa shape index (κ1) is 12.3. The van der Waals surface area contributed by atoms with Crippen molar-refractivity contribution in [1.29, 1.82) is 0 Å². The molecule has 0 amide bonds. The van der Waals surface area contributed by atoms with Crippen molar-refractivity contribution in [3.05, 3.63) is 18.4 Å². The van der Waals surface area contributed by atoms with Crippen LogP contribution >= 0.6 is 0 Å². The van der Waals surface area contributed by atoms with Crippen LogP contribution in [0.3, 0.4) is 0 Å². The van der Waals surface area contributed by atoms with Crippen molar-refractivity contribution < 1.29 is 4.42 Å². The summed E-state index contributed by atoms with van der Waals surface area (Å²) in [6.07, 6.45) is 8.28. The maximum atomic E-state index is 5.24. The summed E-state index contributed by atoms with van der Waals surface area (Å²) in [4.78, 5) is 1.62. The van der Waals surface area contributed by atoms with Gasteiger partial charge in [-0.25, -0.2) is 0 Å². The highest BCUT2D eigenvalue weighted by Crippen LogP contribution is 2.17. The van der Waals surface area contributed by atoms with Gasteiger partial charge in [0.1, 0.15) is 0 Å². The minimum absolute atomic E-state index is 0.544. The summed E-state index contributed by atoms with van der Waals surface area (Å²) in [6.45, 7) is 1.63. The lowest BCUT2D eigenvalue weighted by Crippen LogP contribution is -2.33. The van der Waals surface area contributed by atoms with Gasteiger partial charge in [-0.05, 0) is 30.2 Å². The van der Waals surface area contributed by atoms with E-state index in [0.717, 1.165) is 13.1 Å². The molecule has 2 aromatic rings. The fourth-order valence-corrected chi connectivity index (χ4v) is 2.52. The van der Waals surface area contributed by atoms with Gasteiger partial charge in [0.15, 0.2) is 5.76 Å². The van der Waals surface area contributed by atoms with Crippen LogP contribution in [0.2, 0.25) is 0 Å². The highest BCUT2D eigenvalue weighted by Gasteiger charge is 2.12. The molecule has 1 saturated carbocycles. The first-order valence-corrected chi connectivity index (χ1v) is 6.97. The first-order valence-electron chi connectivity index (χ1n) is 6.97. The van der Waals surface area contributed by atoms with Gasteiger partial charge in [-0.15, -0.1) is 10.2 Å². The van der Waals surface area contributed by atoms with Crippen molar-refractivity contribution in [2.45, 2.75) is 44.7 Å². The molecule has 0 spiro atoms. The van der Waals surface area contributed by atoms with Gasteiger partial charge in [0.05, 0.1) is 12.8 Å². The van der Waals surface area contributed by atoms with E-state index in [1.54, 1.807) is 11.1 Å². The third kappa shape index (κ3) is 3.20. The summed E-state index contributed by atoms with van der Waals surface area (Å²) in [5, 5.41) is 15.9. The van der Waals surface area contributed by atoms with Crippen LogP contribution in [0.5, 0.6) is 0 Å². The lowest BCUT2D eigenvalue weighted by Gasteiger charge is -2.22. The minimum Gasteiger partial charge on any atom is -0.461 e. The van der Waals surface area contributed by atoms with Gasteiger partial charge in [0, 0.05) is 12.6 Å². The summed E-state index contributed by atoms with van der Waals surface area (Å²) >= 11 is 0. The highest BCUT2D eigenvalue weighted by atomic mass is 16.3. The lowest BCUT2D eigenvalue weighted by molar-refractivity contribution is 0.358. The van der Waals surface area contributed by atoms with E-state index in [-0.39, 0.29) is 0 Å². The molecular weight excluding hydrogens is 242 g/mol. The second-order valence-corrected chi connectivity index (χ2v) is 4.98. The van der Waals surface area contributed by atoms with Crippen LogP contribution in [0, 0.1) is 0 Å². The van der Waals surface area contributed by atoms with Gasteiger partial charge in [-0.1, -0.05) is 19.3 Å². The number of hydrogen-bond acceptors (Lipinski definition) is 5. The zero-order valence-corrected chi connectivity index (χ0v) is 11.0. The molecule has 3 rings (SSSR count). The molecule has 6 heteroatoms. The first-order chi connectivity index (χ1) is 9.42. The Morgan fingerprint density at radius 2 is 2.21 bits per heavy atom. The predicted molar refractivity (Wildman–Crippen MR) is 70.4 cm³/mol. The van der Waals surface area contributed by atoms with E-state index < -0.39 is 0 Å². The highest BCUT2D eigenvalue weighted by molar-refractivity contribution is 5.43. The van der Waals surface area contributed by atoms with Crippen molar-refractivity contribution in [2.24, 2.45) is 0 Å². The van der Waals surface area contributed by atoms with Crippen molar-refractivity contribution in [3.8, 4) is 11.6 Å². The number of nitrogens with zero attached hydrogens (tertiary/aromatic N) is 4. The van der Waals surface area contributed by atoms with Gasteiger partial charge in [-0.3, -0.25) is 0 Å².